The molecule has 2 atom stereocenters. The third kappa shape index (κ3) is 4.61. The standard InChI is InChI=1S/C13H25NO4Si/c1-5-6-7-11-12(16)14(8-9-17-19(3)4)13(11)18-10(2)15/h11,13,19H,5-9H2,1-4H3/t11-,13-/m1/s1. The normalized spacial score (nSPS) is 22.6. The van der Waals surface area contributed by atoms with Crippen LogP contribution in [0.2, 0.25) is 13.1 Å². The summed E-state index contributed by atoms with van der Waals surface area (Å²) in [6.07, 6.45) is 2.44. The van der Waals surface area contributed by atoms with Crippen molar-refractivity contribution < 1.29 is 18.8 Å². The second-order valence-electron chi connectivity index (χ2n) is 5.20. The molecule has 0 unspecified atom stereocenters. The predicted molar refractivity (Wildman–Crippen MR) is 75.1 cm³/mol. The van der Waals surface area contributed by atoms with Crippen LogP contribution in [0.3, 0.4) is 0 Å². The summed E-state index contributed by atoms with van der Waals surface area (Å²) < 4.78 is 10.8. The van der Waals surface area contributed by atoms with Crippen molar-refractivity contribution in [3.63, 3.8) is 0 Å². The summed E-state index contributed by atoms with van der Waals surface area (Å²) in [7, 11) is -1.07. The van der Waals surface area contributed by atoms with Crippen molar-refractivity contribution >= 4 is 20.9 Å². The van der Waals surface area contributed by atoms with E-state index in [1.165, 1.54) is 6.92 Å². The van der Waals surface area contributed by atoms with E-state index >= 15 is 0 Å². The Bertz CT molecular complexity index is 322. The lowest BCUT2D eigenvalue weighted by Crippen LogP contribution is -2.63. The summed E-state index contributed by atoms with van der Waals surface area (Å²) in [4.78, 5) is 24.8. The summed E-state index contributed by atoms with van der Waals surface area (Å²) in [5, 5.41) is 0. The molecule has 0 aromatic carbocycles. The molecule has 5 nitrogen and oxygen atoms in total. The first-order valence-corrected chi connectivity index (χ1v) is 9.84. The topological polar surface area (TPSA) is 55.8 Å². The molecule has 110 valence electrons. The van der Waals surface area contributed by atoms with E-state index in [2.05, 4.69) is 20.0 Å². The van der Waals surface area contributed by atoms with Crippen molar-refractivity contribution in [3.05, 3.63) is 0 Å². The van der Waals surface area contributed by atoms with E-state index in [4.69, 9.17) is 9.16 Å². The number of hydrogen-bond donors (Lipinski definition) is 0. The lowest BCUT2D eigenvalue weighted by molar-refractivity contribution is -0.198. The van der Waals surface area contributed by atoms with E-state index in [1.807, 2.05) is 0 Å². The average molecular weight is 287 g/mol. The highest BCUT2D eigenvalue weighted by Gasteiger charge is 2.48. The molecule has 0 saturated carbocycles. The van der Waals surface area contributed by atoms with Gasteiger partial charge in [-0.05, 0) is 19.5 Å². The average Bonchev–Trinajstić information content (AvgIpc) is 2.33. The van der Waals surface area contributed by atoms with E-state index in [1.54, 1.807) is 4.90 Å². The molecule has 1 fully saturated rings. The number of unbranched alkanes of at least 4 members (excludes halogenated alkanes) is 1. The fourth-order valence-electron chi connectivity index (χ4n) is 2.23. The molecule has 6 heteroatoms. The lowest BCUT2D eigenvalue weighted by atomic mass is 9.90. The molecule has 0 aromatic heterocycles. The van der Waals surface area contributed by atoms with E-state index in [-0.39, 0.29) is 24.0 Å². The third-order valence-electron chi connectivity index (χ3n) is 3.19. The van der Waals surface area contributed by atoms with Gasteiger partial charge in [-0.2, -0.15) is 0 Å². The van der Waals surface area contributed by atoms with Gasteiger partial charge in [-0.25, -0.2) is 0 Å². The van der Waals surface area contributed by atoms with Crippen LogP contribution in [-0.2, 0) is 18.8 Å². The zero-order valence-corrected chi connectivity index (χ0v) is 13.5. The minimum Gasteiger partial charge on any atom is -0.441 e. The van der Waals surface area contributed by atoms with Crippen LogP contribution in [0.4, 0.5) is 0 Å². The van der Waals surface area contributed by atoms with Crippen LogP contribution in [0, 0.1) is 5.92 Å². The Morgan fingerprint density at radius 2 is 2.11 bits per heavy atom. The number of ether oxygens (including phenoxy) is 1. The van der Waals surface area contributed by atoms with Crippen molar-refractivity contribution in [1.29, 1.82) is 0 Å². The Hall–Kier alpha value is -0.883. The maximum Gasteiger partial charge on any atom is 0.304 e. The van der Waals surface area contributed by atoms with Crippen LogP contribution in [0.1, 0.15) is 33.1 Å². The summed E-state index contributed by atoms with van der Waals surface area (Å²) >= 11 is 0. The van der Waals surface area contributed by atoms with Crippen LogP contribution in [-0.4, -0.2) is 45.2 Å². The molecule has 0 aromatic rings. The van der Waals surface area contributed by atoms with Gasteiger partial charge < -0.3 is 14.1 Å². The Labute approximate surface area is 117 Å². The van der Waals surface area contributed by atoms with Gasteiger partial charge in [-0.15, -0.1) is 0 Å². The van der Waals surface area contributed by atoms with E-state index in [0.29, 0.717) is 13.2 Å². The largest absolute Gasteiger partial charge is 0.441 e. The number of amides is 1. The van der Waals surface area contributed by atoms with Gasteiger partial charge in [-0.3, -0.25) is 9.59 Å². The zero-order chi connectivity index (χ0) is 14.4. The molecule has 1 amide bonds. The minimum absolute atomic E-state index is 0.0914. The van der Waals surface area contributed by atoms with E-state index in [9.17, 15) is 9.59 Å². The lowest BCUT2D eigenvalue weighted by Gasteiger charge is -2.46. The molecular weight excluding hydrogens is 262 g/mol. The van der Waals surface area contributed by atoms with Crippen LogP contribution in [0.25, 0.3) is 0 Å². The number of rotatable bonds is 8. The molecule has 19 heavy (non-hydrogen) atoms. The maximum absolute atomic E-state index is 12.0. The minimum atomic E-state index is -1.07. The van der Waals surface area contributed by atoms with Crippen LogP contribution in [0.5, 0.6) is 0 Å². The predicted octanol–water partition coefficient (Wildman–Crippen LogP) is 1.52. The SMILES string of the molecule is CCCC[C@@H]1C(=O)N(CCO[SiH](C)C)[C@@H]1OC(C)=O. The Balaban J connectivity index is 2.49. The van der Waals surface area contributed by atoms with Crippen molar-refractivity contribution in [2.45, 2.75) is 52.4 Å². The smallest absolute Gasteiger partial charge is 0.304 e. The van der Waals surface area contributed by atoms with Crippen LogP contribution >= 0.6 is 0 Å². The Kier molecular flexibility index (Phi) is 6.51. The van der Waals surface area contributed by atoms with Gasteiger partial charge in [0.2, 0.25) is 5.91 Å². The fraction of sp³-hybridized carbons (Fsp3) is 0.846. The number of esters is 1. The third-order valence-corrected chi connectivity index (χ3v) is 4.09. The molecule has 0 aliphatic carbocycles. The second-order valence-corrected chi connectivity index (χ2v) is 7.63. The van der Waals surface area contributed by atoms with Gasteiger partial charge in [0.05, 0.1) is 12.5 Å². The summed E-state index contributed by atoms with van der Waals surface area (Å²) in [5.74, 6) is -0.392. The highest BCUT2D eigenvalue weighted by Crippen LogP contribution is 2.31. The van der Waals surface area contributed by atoms with Crippen molar-refractivity contribution in [1.82, 2.24) is 4.90 Å². The molecular formula is C13H25NO4Si. The molecule has 0 spiro atoms. The number of β-lactam (4-membered cyclic amide) rings is 1. The van der Waals surface area contributed by atoms with E-state index < -0.39 is 9.04 Å². The molecule has 1 heterocycles. The van der Waals surface area contributed by atoms with Gasteiger partial charge in [0.1, 0.15) is 0 Å². The van der Waals surface area contributed by atoms with Crippen LogP contribution < -0.4 is 0 Å². The molecule has 1 saturated heterocycles. The van der Waals surface area contributed by atoms with Gasteiger partial charge in [0.15, 0.2) is 15.3 Å². The molecule has 0 radical (unpaired) electrons. The number of carbonyl (C=O) groups is 2. The number of likely N-dealkylation sites (tertiary alicyclic amines) is 1. The Morgan fingerprint density at radius 1 is 1.42 bits per heavy atom. The summed E-state index contributed by atoms with van der Waals surface area (Å²) in [6.45, 7) is 8.70. The zero-order valence-electron chi connectivity index (χ0n) is 12.3. The molecule has 1 rings (SSSR count). The number of carbonyl (C=O) groups excluding carboxylic acids is 2. The highest BCUT2D eigenvalue weighted by molar-refractivity contribution is 6.48. The number of nitrogens with zero attached hydrogens (tertiary/aromatic N) is 1. The first kappa shape index (κ1) is 16.2. The Morgan fingerprint density at radius 3 is 2.63 bits per heavy atom. The summed E-state index contributed by atoms with van der Waals surface area (Å²) in [6, 6.07) is 0. The molecule has 1 aliphatic heterocycles. The van der Waals surface area contributed by atoms with Gasteiger partial charge in [0.25, 0.3) is 0 Å². The van der Waals surface area contributed by atoms with Crippen LogP contribution in [0.15, 0.2) is 0 Å². The molecule has 0 N–H and O–H groups in total. The first-order valence-electron chi connectivity index (χ1n) is 7.06. The maximum atomic E-state index is 12.0. The van der Waals surface area contributed by atoms with Gasteiger partial charge >= 0.3 is 5.97 Å². The highest BCUT2D eigenvalue weighted by atomic mass is 28.3. The second kappa shape index (κ2) is 7.64. The van der Waals surface area contributed by atoms with Crippen molar-refractivity contribution in [2.75, 3.05) is 13.2 Å². The summed E-state index contributed by atoms with van der Waals surface area (Å²) in [5.41, 5.74) is 0. The van der Waals surface area contributed by atoms with Crippen molar-refractivity contribution in [3.8, 4) is 0 Å². The molecule has 1 aliphatic rings. The van der Waals surface area contributed by atoms with Crippen molar-refractivity contribution in [2.24, 2.45) is 5.92 Å². The molecule has 0 bridgehead atoms. The first-order chi connectivity index (χ1) is 8.97. The number of hydrogen-bond acceptors (Lipinski definition) is 4. The van der Waals surface area contributed by atoms with E-state index in [0.717, 1.165) is 19.3 Å². The quantitative estimate of drug-likeness (QED) is 0.386. The van der Waals surface area contributed by atoms with Gasteiger partial charge in [-0.1, -0.05) is 19.8 Å². The fourth-order valence-corrected chi connectivity index (χ4v) is 2.80. The monoisotopic (exact) mass is 287 g/mol. The van der Waals surface area contributed by atoms with Gasteiger partial charge in [0, 0.05) is 13.5 Å².